The normalized spacial score (nSPS) is 21.5. The minimum absolute atomic E-state index is 0.000370. The zero-order chi connectivity index (χ0) is 8.27. The summed E-state index contributed by atoms with van der Waals surface area (Å²) in [5.74, 6) is -0.167. The minimum atomic E-state index is -0.167. The van der Waals surface area contributed by atoms with Crippen molar-refractivity contribution in [3.05, 3.63) is 11.6 Å². The predicted molar refractivity (Wildman–Crippen MR) is 38.4 cm³/mol. The van der Waals surface area contributed by atoms with Crippen molar-refractivity contribution in [1.82, 2.24) is 0 Å². The Balaban J connectivity index is 2.36. The molecule has 11 heavy (non-hydrogen) atoms. The standard InChI is InChI=1S/C8H9NO2/c1-11-8(10)7-4-6(5-7)2-3-9/h2,7H,4-5H2,1H3. The summed E-state index contributed by atoms with van der Waals surface area (Å²) < 4.78 is 4.53. The van der Waals surface area contributed by atoms with E-state index in [1.807, 2.05) is 6.07 Å². The third-order valence-electron chi connectivity index (χ3n) is 1.82. The number of ether oxygens (including phenoxy) is 1. The molecule has 3 heteroatoms. The summed E-state index contributed by atoms with van der Waals surface area (Å²) in [4.78, 5) is 10.8. The van der Waals surface area contributed by atoms with Crippen LogP contribution in [0.2, 0.25) is 0 Å². The van der Waals surface area contributed by atoms with Crippen LogP contribution in [0.5, 0.6) is 0 Å². The summed E-state index contributed by atoms with van der Waals surface area (Å²) in [6, 6.07) is 1.93. The lowest BCUT2D eigenvalue weighted by molar-refractivity contribution is -0.146. The lowest BCUT2D eigenvalue weighted by Gasteiger charge is -2.25. The van der Waals surface area contributed by atoms with Crippen LogP contribution in [0.1, 0.15) is 12.8 Å². The van der Waals surface area contributed by atoms with Crippen molar-refractivity contribution in [3.63, 3.8) is 0 Å². The molecule has 1 aliphatic carbocycles. The topological polar surface area (TPSA) is 50.1 Å². The maximum absolute atomic E-state index is 10.8. The summed E-state index contributed by atoms with van der Waals surface area (Å²) in [5.41, 5.74) is 1.04. The summed E-state index contributed by atoms with van der Waals surface area (Å²) in [7, 11) is 1.38. The molecule has 0 saturated heterocycles. The maximum atomic E-state index is 10.8. The van der Waals surface area contributed by atoms with Gasteiger partial charge in [0.15, 0.2) is 0 Å². The molecule has 3 nitrogen and oxygen atoms in total. The van der Waals surface area contributed by atoms with Crippen LogP contribution >= 0.6 is 0 Å². The molecule has 0 atom stereocenters. The SMILES string of the molecule is COC(=O)C1CC(=CC#N)C1. The Bertz CT molecular complexity index is 229. The molecular formula is C8H9NO2. The molecule has 0 heterocycles. The van der Waals surface area contributed by atoms with Crippen LogP contribution in [-0.2, 0) is 9.53 Å². The molecule has 0 aromatic heterocycles. The summed E-state index contributed by atoms with van der Waals surface area (Å²) >= 11 is 0. The zero-order valence-corrected chi connectivity index (χ0v) is 6.33. The van der Waals surface area contributed by atoms with Gasteiger partial charge in [-0.3, -0.25) is 4.79 Å². The summed E-state index contributed by atoms with van der Waals surface area (Å²) in [5, 5.41) is 8.24. The number of esters is 1. The van der Waals surface area contributed by atoms with Gasteiger partial charge < -0.3 is 4.74 Å². The van der Waals surface area contributed by atoms with Crippen molar-refractivity contribution >= 4 is 5.97 Å². The molecular weight excluding hydrogens is 142 g/mol. The molecule has 1 aliphatic rings. The van der Waals surface area contributed by atoms with E-state index in [0.717, 1.165) is 5.57 Å². The van der Waals surface area contributed by atoms with Gasteiger partial charge in [-0.1, -0.05) is 5.57 Å². The number of methoxy groups -OCH3 is 1. The molecule has 0 amide bonds. The van der Waals surface area contributed by atoms with Crippen LogP contribution in [0.4, 0.5) is 0 Å². The van der Waals surface area contributed by atoms with Gasteiger partial charge in [0.25, 0.3) is 0 Å². The first-order valence-corrected chi connectivity index (χ1v) is 3.43. The summed E-state index contributed by atoms with van der Waals surface area (Å²) in [6.07, 6.45) is 2.89. The van der Waals surface area contributed by atoms with Gasteiger partial charge in [-0.05, 0) is 12.8 Å². The van der Waals surface area contributed by atoms with Gasteiger partial charge in [0.05, 0.1) is 19.1 Å². The molecule has 0 aliphatic heterocycles. The highest BCUT2D eigenvalue weighted by molar-refractivity contribution is 5.74. The van der Waals surface area contributed by atoms with E-state index in [-0.39, 0.29) is 11.9 Å². The number of rotatable bonds is 1. The molecule has 58 valence electrons. The number of allylic oxidation sites excluding steroid dienone is 2. The van der Waals surface area contributed by atoms with Crippen LogP contribution in [0.3, 0.4) is 0 Å². The van der Waals surface area contributed by atoms with Gasteiger partial charge in [-0.2, -0.15) is 5.26 Å². The Labute approximate surface area is 65.3 Å². The molecule has 1 fully saturated rings. The van der Waals surface area contributed by atoms with E-state index in [9.17, 15) is 4.79 Å². The number of carbonyl (C=O) groups excluding carboxylic acids is 1. The van der Waals surface area contributed by atoms with Gasteiger partial charge >= 0.3 is 5.97 Å². The first kappa shape index (κ1) is 7.80. The summed E-state index contributed by atoms with van der Waals surface area (Å²) in [6.45, 7) is 0. The van der Waals surface area contributed by atoms with Crippen molar-refractivity contribution < 1.29 is 9.53 Å². The number of nitriles is 1. The molecule has 0 bridgehead atoms. The molecule has 0 radical (unpaired) electrons. The fourth-order valence-electron chi connectivity index (χ4n) is 1.12. The average molecular weight is 151 g/mol. The Kier molecular flexibility index (Phi) is 2.27. The second-order valence-corrected chi connectivity index (χ2v) is 2.56. The molecule has 0 unspecified atom stereocenters. The van der Waals surface area contributed by atoms with Crippen LogP contribution < -0.4 is 0 Å². The monoisotopic (exact) mass is 151 g/mol. The molecule has 0 spiro atoms. The van der Waals surface area contributed by atoms with Gasteiger partial charge in [0, 0.05) is 6.08 Å². The van der Waals surface area contributed by atoms with Crippen molar-refractivity contribution in [2.24, 2.45) is 5.92 Å². The Morgan fingerprint density at radius 3 is 2.91 bits per heavy atom. The first-order chi connectivity index (χ1) is 5.27. The van der Waals surface area contributed by atoms with Crippen molar-refractivity contribution in [2.45, 2.75) is 12.8 Å². The maximum Gasteiger partial charge on any atom is 0.309 e. The second-order valence-electron chi connectivity index (χ2n) is 2.56. The van der Waals surface area contributed by atoms with E-state index in [1.54, 1.807) is 0 Å². The van der Waals surface area contributed by atoms with Gasteiger partial charge in [0.1, 0.15) is 0 Å². The number of hydrogen-bond acceptors (Lipinski definition) is 3. The average Bonchev–Trinajstić information content (AvgIpc) is 1.94. The van der Waals surface area contributed by atoms with E-state index >= 15 is 0 Å². The molecule has 0 aromatic carbocycles. The lowest BCUT2D eigenvalue weighted by atomic mass is 9.80. The fraction of sp³-hybridized carbons (Fsp3) is 0.500. The number of hydrogen-bond donors (Lipinski definition) is 0. The van der Waals surface area contributed by atoms with E-state index in [1.165, 1.54) is 13.2 Å². The van der Waals surface area contributed by atoms with E-state index in [0.29, 0.717) is 12.8 Å². The highest BCUT2D eigenvalue weighted by atomic mass is 16.5. The number of carbonyl (C=O) groups is 1. The third kappa shape index (κ3) is 1.58. The second kappa shape index (κ2) is 3.20. The first-order valence-electron chi connectivity index (χ1n) is 3.43. The zero-order valence-electron chi connectivity index (χ0n) is 6.33. The highest BCUT2D eigenvalue weighted by Crippen LogP contribution is 2.33. The van der Waals surface area contributed by atoms with Gasteiger partial charge in [-0.15, -0.1) is 0 Å². The van der Waals surface area contributed by atoms with Crippen molar-refractivity contribution in [3.8, 4) is 6.07 Å². The lowest BCUT2D eigenvalue weighted by Crippen LogP contribution is -2.25. The molecule has 1 rings (SSSR count). The number of nitrogens with zero attached hydrogens (tertiary/aromatic N) is 1. The van der Waals surface area contributed by atoms with Crippen molar-refractivity contribution in [1.29, 1.82) is 5.26 Å². The van der Waals surface area contributed by atoms with E-state index < -0.39 is 0 Å². The van der Waals surface area contributed by atoms with Crippen LogP contribution in [0.15, 0.2) is 11.6 Å². The fourth-order valence-corrected chi connectivity index (χ4v) is 1.12. The van der Waals surface area contributed by atoms with Crippen LogP contribution in [-0.4, -0.2) is 13.1 Å². The van der Waals surface area contributed by atoms with Crippen molar-refractivity contribution in [2.75, 3.05) is 7.11 Å². The van der Waals surface area contributed by atoms with E-state index in [4.69, 9.17) is 5.26 Å². The molecule has 1 saturated carbocycles. The van der Waals surface area contributed by atoms with Gasteiger partial charge in [0.2, 0.25) is 0 Å². The predicted octanol–water partition coefficient (Wildman–Crippen LogP) is 1.02. The minimum Gasteiger partial charge on any atom is -0.469 e. The highest BCUT2D eigenvalue weighted by Gasteiger charge is 2.30. The van der Waals surface area contributed by atoms with Crippen LogP contribution in [0.25, 0.3) is 0 Å². The Morgan fingerprint density at radius 2 is 2.45 bits per heavy atom. The third-order valence-corrected chi connectivity index (χ3v) is 1.82. The molecule has 0 aromatic rings. The quantitative estimate of drug-likeness (QED) is 0.415. The molecule has 0 N–H and O–H groups in total. The van der Waals surface area contributed by atoms with Gasteiger partial charge in [-0.25, -0.2) is 0 Å². The smallest absolute Gasteiger partial charge is 0.309 e. The largest absolute Gasteiger partial charge is 0.469 e. The Hall–Kier alpha value is -1.30. The van der Waals surface area contributed by atoms with E-state index in [2.05, 4.69) is 4.74 Å². The van der Waals surface area contributed by atoms with Crippen LogP contribution in [0, 0.1) is 17.2 Å². The Morgan fingerprint density at radius 1 is 1.82 bits per heavy atom.